The predicted molar refractivity (Wildman–Crippen MR) is 117 cm³/mol. The summed E-state index contributed by atoms with van der Waals surface area (Å²) in [7, 11) is 1.99. The third kappa shape index (κ3) is 7.49. The van der Waals surface area contributed by atoms with Gasteiger partial charge in [0, 0.05) is 31.4 Å². The van der Waals surface area contributed by atoms with E-state index >= 15 is 0 Å². The minimum Gasteiger partial charge on any atom is -0.444 e. The van der Waals surface area contributed by atoms with Crippen LogP contribution in [0.15, 0.2) is 54.6 Å². The number of alkyl carbamates (subject to hydrolysis) is 1. The molecule has 0 saturated carbocycles. The van der Waals surface area contributed by atoms with Crippen molar-refractivity contribution in [2.45, 2.75) is 45.8 Å². The van der Waals surface area contributed by atoms with Crippen LogP contribution in [0.1, 0.15) is 33.3 Å². The van der Waals surface area contributed by atoms with E-state index in [0.29, 0.717) is 12.1 Å². The summed E-state index contributed by atoms with van der Waals surface area (Å²) >= 11 is 0. The molecule has 2 amide bonds. The quantitative estimate of drug-likeness (QED) is 0.734. The average Bonchev–Trinajstić information content (AvgIpc) is 2.66. The van der Waals surface area contributed by atoms with E-state index in [9.17, 15) is 9.59 Å². The van der Waals surface area contributed by atoms with Crippen molar-refractivity contribution in [1.82, 2.24) is 5.32 Å². The van der Waals surface area contributed by atoms with Crippen molar-refractivity contribution in [2.75, 3.05) is 23.8 Å². The number of carbonyl (C=O) groups is 2. The van der Waals surface area contributed by atoms with Gasteiger partial charge in [0.05, 0.1) is 0 Å². The number of hydrogen-bond donors (Lipinski definition) is 2. The molecule has 0 aliphatic carbocycles. The molecule has 0 bridgehead atoms. The molecule has 6 nitrogen and oxygen atoms in total. The average molecular weight is 398 g/mol. The smallest absolute Gasteiger partial charge is 0.408 e. The summed E-state index contributed by atoms with van der Waals surface area (Å²) in [5.74, 6) is -0.295. The molecular formula is C23H31N3O3. The first-order valence-corrected chi connectivity index (χ1v) is 9.83. The first kappa shape index (κ1) is 22.3. The molecule has 0 radical (unpaired) electrons. The van der Waals surface area contributed by atoms with E-state index in [-0.39, 0.29) is 5.91 Å². The molecule has 0 aromatic heterocycles. The number of hydrogen-bond acceptors (Lipinski definition) is 4. The van der Waals surface area contributed by atoms with Gasteiger partial charge >= 0.3 is 6.09 Å². The van der Waals surface area contributed by atoms with Crippen molar-refractivity contribution in [3.63, 3.8) is 0 Å². The lowest BCUT2D eigenvalue weighted by molar-refractivity contribution is -0.118. The molecule has 0 saturated heterocycles. The van der Waals surface area contributed by atoms with E-state index in [4.69, 9.17) is 4.74 Å². The molecule has 2 N–H and O–H groups in total. The maximum Gasteiger partial charge on any atom is 0.408 e. The van der Waals surface area contributed by atoms with Gasteiger partial charge in [0.25, 0.3) is 0 Å². The monoisotopic (exact) mass is 397 g/mol. The summed E-state index contributed by atoms with van der Waals surface area (Å²) in [5.41, 5.74) is 1.99. The summed E-state index contributed by atoms with van der Waals surface area (Å²) in [4.78, 5) is 27.3. The third-order valence-electron chi connectivity index (χ3n) is 4.32. The number of rotatable bonds is 7. The highest BCUT2D eigenvalue weighted by atomic mass is 16.6. The number of amides is 2. The highest BCUT2D eigenvalue weighted by Gasteiger charge is 2.25. The van der Waals surface area contributed by atoms with Crippen LogP contribution in [0.25, 0.3) is 0 Å². The van der Waals surface area contributed by atoms with Gasteiger partial charge < -0.3 is 20.3 Å². The molecule has 0 aliphatic heterocycles. The van der Waals surface area contributed by atoms with E-state index in [1.165, 1.54) is 0 Å². The zero-order valence-corrected chi connectivity index (χ0v) is 17.9. The van der Waals surface area contributed by atoms with Crippen molar-refractivity contribution >= 4 is 23.4 Å². The lowest BCUT2D eigenvalue weighted by Gasteiger charge is -2.24. The summed E-state index contributed by atoms with van der Waals surface area (Å²) in [6.45, 7) is 8.28. The molecule has 2 aromatic carbocycles. The van der Waals surface area contributed by atoms with E-state index in [1.807, 2.05) is 61.6 Å². The van der Waals surface area contributed by atoms with Gasteiger partial charge in [0.1, 0.15) is 11.6 Å². The van der Waals surface area contributed by atoms with Gasteiger partial charge in [-0.25, -0.2) is 4.79 Å². The van der Waals surface area contributed by atoms with E-state index in [0.717, 1.165) is 17.8 Å². The van der Waals surface area contributed by atoms with Gasteiger partial charge in [-0.3, -0.25) is 4.79 Å². The van der Waals surface area contributed by atoms with Gasteiger partial charge in [-0.2, -0.15) is 0 Å². The molecule has 2 rings (SSSR count). The fraction of sp³-hybridized carbons (Fsp3) is 0.391. The Bertz CT molecular complexity index is 816. The Balaban J connectivity index is 2.16. The number of benzene rings is 2. The predicted octanol–water partition coefficient (Wildman–Crippen LogP) is 4.22. The van der Waals surface area contributed by atoms with Crippen LogP contribution in [0, 0.1) is 0 Å². The fourth-order valence-electron chi connectivity index (χ4n) is 2.74. The molecule has 29 heavy (non-hydrogen) atoms. The first-order valence-electron chi connectivity index (χ1n) is 9.83. The van der Waals surface area contributed by atoms with Gasteiger partial charge in [0.15, 0.2) is 0 Å². The van der Waals surface area contributed by atoms with Crippen LogP contribution in [-0.4, -0.2) is 37.2 Å². The van der Waals surface area contributed by atoms with Crippen molar-refractivity contribution in [1.29, 1.82) is 0 Å². The molecular weight excluding hydrogens is 366 g/mol. The molecule has 0 aliphatic rings. The summed E-state index contributed by atoms with van der Waals surface area (Å²) in [6, 6.07) is 16.4. The topological polar surface area (TPSA) is 70.7 Å². The van der Waals surface area contributed by atoms with Crippen LogP contribution >= 0.6 is 0 Å². The van der Waals surface area contributed by atoms with Gasteiger partial charge in [-0.05, 0) is 51.5 Å². The Morgan fingerprint density at radius 3 is 2.38 bits per heavy atom. The van der Waals surface area contributed by atoms with E-state index in [1.54, 1.807) is 20.8 Å². The van der Waals surface area contributed by atoms with Crippen LogP contribution in [0.4, 0.5) is 16.2 Å². The van der Waals surface area contributed by atoms with Crippen LogP contribution < -0.4 is 15.5 Å². The molecule has 0 spiro atoms. The fourth-order valence-corrected chi connectivity index (χ4v) is 2.74. The Labute approximate surface area is 173 Å². The molecule has 156 valence electrons. The number of nitrogens with one attached hydrogen (secondary N) is 2. The van der Waals surface area contributed by atoms with E-state index < -0.39 is 17.7 Å². The molecule has 1 atom stereocenters. The number of anilines is 2. The lowest BCUT2D eigenvalue weighted by atomic mass is 10.1. The maximum atomic E-state index is 13.0. The van der Waals surface area contributed by atoms with Crippen LogP contribution in [0.2, 0.25) is 0 Å². The van der Waals surface area contributed by atoms with Crippen LogP contribution in [0.5, 0.6) is 0 Å². The maximum absolute atomic E-state index is 13.0. The molecule has 1 unspecified atom stereocenters. The summed E-state index contributed by atoms with van der Waals surface area (Å²) < 4.78 is 5.33. The second-order valence-electron chi connectivity index (χ2n) is 7.94. The highest BCUT2D eigenvalue weighted by molar-refractivity contribution is 5.97. The van der Waals surface area contributed by atoms with Gasteiger partial charge in [-0.1, -0.05) is 36.4 Å². The SMILES string of the molecule is CCN(C)c1cccc(NC(=O)C(Cc2ccccc2)NC(=O)OC(C)(C)C)c1. The molecule has 6 heteroatoms. The van der Waals surface area contributed by atoms with Crippen molar-refractivity contribution in [2.24, 2.45) is 0 Å². The zero-order chi connectivity index (χ0) is 21.4. The second-order valence-corrected chi connectivity index (χ2v) is 7.94. The standard InChI is InChI=1S/C23H31N3O3/c1-6-26(5)19-14-10-13-18(16-19)24-21(27)20(15-17-11-8-7-9-12-17)25-22(28)29-23(2,3)4/h7-14,16,20H,6,15H2,1-5H3,(H,24,27)(H,25,28). The number of ether oxygens (including phenoxy) is 1. The van der Waals surface area contributed by atoms with Crippen LogP contribution in [0.3, 0.4) is 0 Å². The minimum atomic E-state index is -0.764. The van der Waals surface area contributed by atoms with Gasteiger partial charge in [0.2, 0.25) is 5.91 Å². The zero-order valence-electron chi connectivity index (χ0n) is 17.9. The Morgan fingerprint density at radius 2 is 1.76 bits per heavy atom. The lowest BCUT2D eigenvalue weighted by Crippen LogP contribution is -2.47. The van der Waals surface area contributed by atoms with E-state index in [2.05, 4.69) is 22.5 Å². The van der Waals surface area contributed by atoms with Crippen LogP contribution in [-0.2, 0) is 16.0 Å². The first-order chi connectivity index (χ1) is 13.7. The Kier molecular flexibility index (Phi) is 7.65. The summed E-state index contributed by atoms with van der Waals surface area (Å²) in [5, 5.41) is 5.62. The number of carbonyl (C=O) groups excluding carboxylic acids is 2. The largest absolute Gasteiger partial charge is 0.444 e. The second kappa shape index (κ2) is 9.96. The van der Waals surface area contributed by atoms with Crippen molar-refractivity contribution in [3.05, 3.63) is 60.2 Å². The minimum absolute atomic E-state index is 0.295. The molecule has 0 heterocycles. The highest BCUT2D eigenvalue weighted by Crippen LogP contribution is 2.19. The summed E-state index contributed by atoms with van der Waals surface area (Å²) in [6.07, 6.45) is -0.256. The Hall–Kier alpha value is -3.02. The molecule has 2 aromatic rings. The molecule has 0 fully saturated rings. The number of nitrogens with zero attached hydrogens (tertiary/aromatic N) is 1. The normalized spacial score (nSPS) is 12.0. The Morgan fingerprint density at radius 1 is 1.07 bits per heavy atom. The van der Waals surface area contributed by atoms with Crippen molar-refractivity contribution in [3.8, 4) is 0 Å². The van der Waals surface area contributed by atoms with Crippen molar-refractivity contribution < 1.29 is 14.3 Å². The van der Waals surface area contributed by atoms with Gasteiger partial charge in [-0.15, -0.1) is 0 Å². The third-order valence-corrected chi connectivity index (χ3v) is 4.32.